The van der Waals surface area contributed by atoms with Crippen molar-refractivity contribution in [2.45, 2.75) is 58.9 Å². The number of carbonyl (C=O) groups is 2. The second-order valence-electron chi connectivity index (χ2n) is 9.77. The number of nitrogens with one attached hydrogen (secondary N) is 2. The number of amides is 1. The van der Waals surface area contributed by atoms with Gasteiger partial charge in [0.1, 0.15) is 23.5 Å². The summed E-state index contributed by atoms with van der Waals surface area (Å²) >= 11 is 1.80. The SMILES string of the molecule is CSCCCNc1nc(C(C)(C)C)ncc1C(=O)N(CC(C)C)[C@@H]1CNC[C@H](C=O)C1. The number of piperidine rings is 1. The number of aldehydes is 1. The van der Waals surface area contributed by atoms with Gasteiger partial charge in [0.25, 0.3) is 5.91 Å². The molecule has 31 heavy (non-hydrogen) atoms. The van der Waals surface area contributed by atoms with E-state index in [9.17, 15) is 9.59 Å². The molecule has 1 aliphatic rings. The van der Waals surface area contributed by atoms with E-state index in [1.54, 1.807) is 18.0 Å². The van der Waals surface area contributed by atoms with Gasteiger partial charge in [-0.25, -0.2) is 9.97 Å². The van der Waals surface area contributed by atoms with E-state index < -0.39 is 0 Å². The number of hydrogen-bond donors (Lipinski definition) is 2. The molecule has 7 nitrogen and oxygen atoms in total. The summed E-state index contributed by atoms with van der Waals surface area (Å²) in [5.41, 5.74) is 0.297. The first-order valence-corrected chi connectivity index (χ1v) is 12.6. The molecule has 8 heteroatoms. The van der Waals surface area contributed by atoms with E-state index in [-0.39, 0.29) is 23.3 Å². The number of anilines is 1. The minimum Gasteiger partial charge on any atom is -0.369 e. The van der Waals surface area contributed by atoms with Gasteiger partial charge in [0.15, 0.2) is 0 Å². The summed E-state index contributed by atoms with van der Waals surface area (Å²) in [7, 11) is 0. The molecule has 1 aromatic heterocycles. The molecule has 0 spiro atoms. The van der Waals surface area contributed by atoms with E-state index in [4.69, 9.17) is 4.98 Å². The summed E-state index contributed by atoms with van der Waals surface area (Å²) in [5.74, 6) is 2.55. The first-order valence-electron chi connectivity index (χ1n) is 11.2. The molecule has 0 saturated carbocycles. The number of rotatable bonds is 10. The Kier molecular flexibility index (Phi) is 9.75. The zero-order valence-electron chi connectivity index (χ0n) is 19.9. The van der Waals surface area contributed by atoms with Crippen LogP contribution in [-0.2, 0) is 10.2 Å². The van der Waals surface area contributed by atoms with Crippen molar-refractivity contribution in [3.05, 3.63) is 17.6 Å². The van der Waals surface area contributed by atoms with E-state index in [2.05, 4.69) is 56.5 Å². The average molecular weight is 450 g/mol. The monoisotopic (exact) mass is 449 g/mol. The average Bonchev–Trinajstić information content (AvgIpc) is 2.73. The molecule has 2 atom stereocenters. The smallest absolute Gasteiger partial charge is 0.259 e. The molecule has 0 radical (unpaired) electrons. The van der Waals surface area contributed by atoms with Gasteiger partial charge in [-0.15, -0.1) is 0 Å². The molecule has 1 fully saturated rings. The van der Waals surface area contributed by atoms with Gasteiger partial charge in [0.2, 0.25) is 0 Å². The highest BCUT2D eigenvalue weighted by molar-refractivity contribution is 7.98. The van der Waals surface area contributed by atoms with Crippen molar-refractivity contribution in [1.29, 1.82) is 0 Å². The van der Waals surface area contributed by atoms with E-state index in [1.165, 1.54) is 0 Å². The van der Waals surface area contributed by atoms with Crippen LogP contribution in [0.1, 0.15) is 63.6 Å². The van der Waals surface area contributed by atoms with Gasteiger partial charge < -0.3 is 20.3 Å². The highest BCUT2D eigenvalue weighted by Crippen LogP contribution is 2.25. The lowest BCUT2D eigenvalue weighted by Gasteiger charge is -2.38. The molecule has 1 saturated heterocycles. The molecule has 1 amide bonds. The lowest BCUT2D eigenvalue weighted by molar-refractivity contribution is -0.112. The van der Waals surface area contributed by atoms with Crippen LogP contribution in [0.15, 0.2) is 6.20 Å². The Morgan fingerprint density at radius 1 is 1.39 bits per heavy atom. The second kappa shape index (κ2) is 11.8. The van der Waals surface area contributed by atoms with Crippen molar-refractivity contribution in [2.75, 3.05) is 43.5 Å². The molecule has 0 aliphatic carbocycles. The molecule has 174 valence electrons. The van der Waals surface area contributed by atoms with Crippen molar-refractivity contribution >= 4 is 29.8 Å². The Labute approximate surface area is 191 Å². The largest absolute Gasteiger partial charge is 0.369 e. The number of aromatic nitrogens is 2. The van der Waals surface area contributed by atoms with Gasteiger partial charge in [-0.05, 0) is 30.8 Å². The van der Waals surface area contributed by atoms with Crippen molar-refractivity contribution in [1.82, 2.24) is 20.2 Å². The molecule has 2 rings (SSSR count). The van der Waals surface area contributed by atoms with Crippen LogP contribution in [0.4, 0.5) is 5.82 Å². The maximum Gasteiger partial charge on any atom is 0.259 e. The molecular formula is C23H39N5O2S. The third-order valence-electron chi connectivity index (χ3n) is 5.32. The van der Waals surface area contributed by atoms with Crippen molar-refractivity contribution in [3.8, 4) is 0 Å². The van der Waals surface area contributed by atoms with E-state index in [0.29, 0.717) is 49.2 Å². The Morgan fingerprint density at radius 2 is 2.13 bits per heavy atom. The summed E-state index contributed by atoms with van der Waals surface area (Å²) in [4.78, 5) is 36.3. The zero-order valence-corrected chi connectivity index (χ0v) is 20.7. The third-order valence-corrected chi connectivity index (χ3v) is 6.02. The highest BCUT2D eigenvalue weighted by atomic mass is 32.2. The van der Waals surface area contributed by atoms with Crippen LogP contribution in [-0.4, -0.2) is 71.3 Å². The quantitative estimate of drug-likeness (QED) is 0.419. The fourth-order valence-corrected chi connectivity index (χ4v) is 4.13. The van der Waals surface area contributed by atoms with Crippen molar-refractivity contribution < 1.29 is 9.59 Å². The Bertz CT molecular complexity index is 735. The molecular weight excluding hydrogens is 410 g/mol. The van der Waals surface area contributed by atoms with Crippen molar-refractivity contribution in [2.24, 2.45) is 11.8 Å². The van der Waals surface area contributed by atoms with E-state index >= 15 is 0 Å². The Morgan fingerprint density at radius 3 is 2.74 bits per heavy atom. The standard InChI is InChI=1S/C23H39N5O2S/c1-16(2)14-28(18-10-17(15-29)11-24-12-18)21(30)19-13-26-22(23(3,4)5)27-20(19)25-8-7-9-31-6/h13,15-18,24H,7-12,14H2,1-6H3,(H,25,26,27)/t17-,18+/m1/s1. The van der Waals surface area contributed by atoms with Gasteiger partial charge in [-0.3, -0.25) is 4.79 Å². The fraction of sp³-hybridized carbons (Fsp3) is 0.739. The predicted molar refractivity (Wildman–Crippen MR) is 129 cm³/mol. The van der Waals surface area contributed by atoms with Gasteiger partial charge in [0, 0.05) is 49.8 Å². The minimum absolute atomic E-state index is 0.0227. The van der Waals surface area contributed by atoms with E-state index in [1.807, 2.05) is 4.90 Å². The maximum absolute atomic E-state index is 13.7. The maximum atomic E-state index is 13.7. The number of carbonyl (C=O) groups excluding carboxylic acids is 2. The summed E-state index contributed by atoms with van der Waals surface area (Å²) in [6.45, 7) is 13.2. The summed E-state index contributed by atoms with van der Waals surface area (Å²) < 4.78 is 0. The number of nitrogens with zero attached hydrogens (tertiary/aromatic N) is 3. The van der Waals surface area contributed by atoms with Crippen molar-refractivity contribution in [3.63, 3.8) is 0 Å². The van der Waals surface area contributed by atoms with Crippen LogP contribution in [0.5, 0.6) is 0 Å². The molecule has 0 unspecified atom stereocenters. The zero-order chi connectivity index (χ0) is 23.0. The summed E-state index contributed by atoms with van der Waals surface area (Å²) in [6, 6.07) is -0.0227. The molecule has 0 aromatic carbocycles. The van der Waals surface area contributed by atoms with Crippen LogP contribution >= 0.6 is 11.8 Å². The first-order chi connectivity index (χ1) is 14.7. The van der Waals surface area contributed by atoms with Gasteiger partial charge in [-0.1, -0.05) is 34.6 Å². The fourth-order valence-electron chi connectivity index (χ4n) is 3.70. The van der Waals surface area contributed by atoms with Gasteiger partial charge in [-0.2, -0.15) is 11.8 Å². The lowest BCUT2D eigenvalue weighted by atomic mass is 9.94. The number of hydrogen-bond acceptors (Lipinski definition) is 7. The molecule has 2 N–H and O–H groups in total. The minimum atomic E-state index is -0.209. The van der Waals surface area contributed by atoms with Crippen LogP contribution in [0.3, 0.4) is 0 Å². The second-order valence-corrected chi connectivity index (χ2v) is 10.8. The molecule has 1 aliphatic heterocycles. The topological polar surface area (TPSA) is 87.2 Å². The van der Waals surface area contributed by atoms with Crippen LogP contribution in [0.2, 0.25) is 0 Å². The van der Waals surface area contributed by atoms with Gasteiger partial charge >= 0.3 is 0 Å². The number of thioether (sulfide) groups is 1. The first kappa shape index (κ1) is 25.6. The summed E-state index contributed by atoms with van der Waals surface area (Å²) in [6.07, 6.45) is 6.44. The third kappa shape index (κ3) is 7.45. The van der Waals surface area contributed by atoms with Gasteiger partial charge in [0.05, 0.1) is 0 Å². The van der Waals surface area contributed by atoms with Crippen LogP contribution in [0.25, 0.3) is 0 Å². The summed E-state index contributed by atoms with van der Waals surface area (Å²) in [5, 5.41) is 6.70. The normalized spacial score (nSPS) is 19.3. The molecule has 0 bridgehead atoms. The molecule has 2 heterocycles. The molecule has 1 aromatic rings. The van der Waals surface area contributed by atoms with Crippen LogP contribution in [0, 0.1) is 11.8 Å². The predicted octanol–water partition coefficient (Wildman–Crippen LogP) is 3.21. The lowest BCUT2D eigenvalue weighted by Crippen LogP contribution is -2.52. The Balaban J connectivity index is 2.35. The van der Waals surface area contributed by atoms with Crippen LogP contribution < -0.4 is 10.6 Å². The Hall–Kier alpha value is -1.67. The van der Waals surface area contributed by atoms with E-state index in [0.717, 1.165) is 25.0 Å². The highest BCUT2D eigenvalue weighted by Gasteiger charge is 2.32.